The van der Waals surface area contributed by atoms with Crippen molar-refractivity contribution in [3.8, 4) is 0 Å². The van der Waals surface area contributed by atoms with Gasteiger partial charge in [-0.25, -0.2) is 4.98 Å². The standard InChI is InChI=1S/C15H22ClN3/c1-2-10-19-14-8-7-12(16)11-13(14)18-15(19)6-4-3-5-9-17/h7-8,11H,2-6,9-10,17H2,1H3. The molecule has 1 heterocycles. The number of hydrogen-bond acceptors (Lipinski definition) is 2. The van der Waals surface area contributed by atoms with Gasteiger partial charge in [0.25, 0.3) is 0 Å². The normalized spacial score (nSPS) is 11.3. The van der Waals surface area contributed by atoms with Crippen molar-refractivity contribution in [2.75, 3.05) is 6.54 Å². The summed E-state index contributed by atoms with van der Waals surface area (Å²) in [4.78, 5) is 4.74. The second-order valence-electron chi connectivity index (χ2n) is 4.91. The maximum Gasteiger partial charge on any atom is 0.109 e. The van der Waals surface area contributed by atoms with Crippen molar-refractivity contribution in [3.05, 3.63) is 29.0 Å². The van der Waals surface area contributed by atoms with Crippen LogP contribution in [0.3, 0.4) is 0 Å². The zero-order valence-electron chi connectivity index (χ0n) is 11.5. The van der Waals surface area contributed by atoms with Crippen molar-refractivity contribution in [1.29, 1.82) is 0 Å². The number of hydrogen-bond donors (Lipinski definition) is 1. The van der Waals surface area contributed by atoms with E-state index >= 15 is 0 Å². The molecule has 0 saturated carbocycles. The van der Waals surface area contributed by atoms with Gasteiger partial charge in [-0.2, -0.15) is 0 Å². The lowest BCUT2D eigenvalue weighted by Crippen LogP contribution is -2.04. The molecule has 19 heavy (non-hydrogen) atoms. The van der Waals surface area contributed by atoms with Gasteiger partial charge in [0.2, 0.25) is 0 Å². The lowest BCUT2D eigenvalue weighted by atomic mass is 10.2. The average molecular weight is 280 g/mol. The average Bonchev–Trinajstić information content (AvgIpc) is 2.73. The first-order chi connectivity index (χ1) is 9.26. The molecule has 3 nitrogen and oxygen atoms in total. The van der Waals surface area contributed by atoms with E-state index < -0.39 is 0 Å². The van der Waals surface area contributed by atoms with Crippen LogP contribution in [-0.4, -0.2) is 16.1 Å². The highest BCUT2D eigenvalue weighted by molar-refractivity contribution is 6.31. The Morgan fingerprint density at radius 3 is 2.84 bits per heavy atom. The maximum atomic E-state index is 6.04. The summed E-state index contributed by atoms with van der Waals surface area (Å²) in [5.74, 6) is 1.18. The van der Waals surface area contributed by atoms with Gasteiger partial charge in [0, 0.05) is 18.0 Å². The molecule has 0 fully saturated rings. The number of halogens is 1. The second-order valence-corrected chi connectivity index (χ2v) is 5.35. The molecule has 0 bridgehead atoms. The molecule has 2 N–H and O–H groups in total. The molecule has 1 aromatic heterocycles. The van der Waals surface area contributed by atoms with E-state index in [0.29, 0.717) is 0 Å². The molecular weight excluding hydrogens is 258 g/mol. The van der Waals surface area contributed by atoms with Crippen LogP contribution in [0, 0.1) is 0 Å². The van der Waals surface area contributed by atoms with Crippen LogP contribution >= 0.6 is 11.6 Å². The highest BCUT2D eigenvalue weighted by Gasteiger charge is 2.10. The van der Waals surface area contributed by atoms with E-state index in [4.69, 9.17) is 22.3 Å². The SMILES string of the molecule is CCCn1c(CCCCCN)nc2cc(Cl)ccc21. The highest BCUT2D eigenvalue weighted by atomic mass is 35.5. The zero-order valence-corrected chi connectivity index (χ0v) is 12.3. The summed E-state index contributed by atoms with van der Waals surface area (Å²) in [6, 6.07) is 5.96. The Hall–Kier alpha value is -1.06. The van der Waals surface area contributed by atoms with Crippen LogP contribution in [0.1, 0.15) is 38.4 Å². The molecule has 0 aliphatic heterocycles. The van der Waals surface area contributed by atoms with Crippen LogP contribution in [0.5, 0.6) is 0 Å². The summed E-state index contributed by atoms with van der Waals surface area (Å²) in [6.07, 6.45) is 5.56. The van der Waals surface area contributed by atoms with E-state index in [0.717, 1.165) is 49.3 Å². The van der Waals surface area contributed by atoms with Crippen LogP contribution in [0.2, 0.25) is 5.02 Å². The molecule has 2 rings (SSSR count). The number of aryl methyl sites for hydroxylation is 2. The Balaban J connectivity index is 2.22. The van der Waals surface area contributed by atoms with Crippen LogP contribution in [0.4, 0.5) is 0 Å². The quantitative estimate of drug-likeness (QED) is 0.784. The maximum absolute atomic E-state index is 6.04. The number of fused-ring (bicyclic) bond motifs is 1. The minimum absolute atomic E-state index is 0.753. The van der Waals surface area contributed by atoms with Crippen molar-refractivity contribution in [2.45, 2.75) is 45.6 Å². The fourth-order valence-corrected chi connectivity index (χ4v) is 2.59. The third-order valence-electron chi connectivity index (χ3n) is 3.34. The van der Waals surface area contributed by atoms with Crippen molar-refractivity contribution in [1.82, 2.24) is 9.55 Å². The zero-order chi connectivity index (χ0) is 13.7. The van der Waals surface area contributed by atoms with Crippen molar-refractivity contribution in [2.24, 2.45) is 5.73 Å². The van der Waals surface area contributed by atoms with E-state index in [1.807, 2.05) is 12.1 Å². The summed E-state index contributed by atoms with van der Waals surface area (Å²) in [6.45, 7) is 3.99. The van der Waals surface area contributed by atoms with E-state index in [9.17, 15) is 0 Å². The van der Waals surface area contributed by atoms with Gasteiger partial charge in [-0.05, 0) is 44.0 Å². The minimum atomic E-state index is 0.753. The van der Waals surface area contributed by atoms with Crippen LogP contribution in [0.25, 0.3) is 11.0 Å². The summed E-state index contributed by atoms with van der Waals surface area (Å²) < 4.78 is 2.33. The van der Waals surface area contributed by atoms with E-state index in [1.165, 1.54) is 17.8 Å². The van der Waals surface area contributed by atoms with E-state index in [-0.39, 0.29) is 0 Å². The summed E-state index contributed by atoms with van der Waals surface area (Å²) in [5, 5.41) is 0.753. The van der Waals surface area contributed by atoms with Crippen molar-refractivity contribution < 1.29 is 0 Å². The predicted molar refractivity (Wildman–Crippen MR) is 81.6 cm³/mol. The van der Waals surface area contributed by atoms with Gasteiger partial charge in [0.15, 0.2) is 0 Å². The second kappa shape index (κ2) is 6.92. The molecule has 2 aromatic rings. The van der Waals surface area contributed by atoms with Gasteiger partial charge in [-0.1, -0.05) is 24.9 Å². The summed E-state index contributed by atoms with van der Waals surface area (Å²) in [7, 11) is 0. The Bertz CT molecular complexity index is 533. The molecule has 4 heteroatoms. The molecule has 0 radical (unpaired) electrons. The van der Waals surface area contributed by atoms with E-state index in [2.05, 4.69) is 17.6 Å². The van der Waals surface area contributed by atoms with Crippen LogP contribution < -0.4 is 5.73 Å². The number of nitrogens with zero attached hydrogens (tertiary/aromatic N) is 2. The fourth-order valence-electron chi connectivity index (χ4n) is 2.42. The number of aromatic nitrogens is 2. The van der Waals surface area contributed by atoms with Gasteiger partial charge in [0.1, 0.15) is 5.82 Å². The number of nitrogens with two attached hydrogens (primary N) is 1. The molecule has 0 saturated heterocycles. The number of imidazole rings is 1. The Morgan fingerprint density at radius 1 is 1.26 bits per heavy atom. The molecule has 0 spiro atoms. The summed E-state index contributed by atoms with van der Waals surface area (Å²) >= 11 is 6.04. The Labute approximate surface area is 119 Å². The van der Waals surface area contributed by atoms with Gasteiger partial charge in [-0.3, -0.25) is 0 Å². The summed E-state index contributed by atoms with van der Waals surface area (Å²) in [5.41, 5.74) is 7.73. The van der Waals surface area contributed by atoms with Crippen LogP contribution in [0.15, 0.2) is 18.2 Å². The first kappa shape index (κ1) is 14.4. The third kappa shape index (κ3) is 3.48. The predicted octanol–water partition coefficient (Wildman–Crippen LogP) is 3.77. The monoisotopic (exact) mass is 279 g/mol. The molecular formula is C15H22ClN3. The minimum Gasteiger partial charge on any atom is -0.330 e. The molecule has 0 amide bonds. The van der Waals surface area contributed by atoms with Gasteiger partial charge < -0.3 is 10.3 Å². The highest BCUT2D eigenvalue weighted by Crippen LogP contribution is 2.22. The van der Waals surface area contributed by atoms with E-state index in [1.54, 1.807) is 0 Å². The van der Waals surface area contributed by atoms with Crippen molar-refractivity contribution >= 4 is 22.6 Å². The lowest BCUT2D eigenvalue weighted by molar-refractivity contribution is 0.614. The number of rotatable bonds is 7. The Kier molecular flexibility index (Phi) is 5.23. The van der Waals surface area contributed by atoms with Crippen molar-refractivity contribution in [3.63, 3.8) is 0 Å². The molecule has 0 aliphatic rings. The molecule has 0 unspecified atom stereocenters. The van der Waals surface area contributed by atoms with Gasteiger partial charge in [-0.15, -0.1) is 0 Å². The third-order valence-corrected chi connectivity index (χ3v) is 3.58. The first-order valence-corrected chi connectivity index (χ1v) is 7.48. The molecule has 0 aliphatic carbocycles. The largest absolute Gasteiger partial charge is 0.330 e. The Morgan fingerprint density at radius 2 is 2.11 bits per heavy atom. The number of unbranched alkanes of at least 4 members (excludes halogenated alkanes) is 2. The van der Waals surface area contributed by atoms with Crippen LogP contribution in [-0.2, 0) is 13.0 Å². The van der Waals surface area contributed by atoms with Gasteiger partial charge >= 0.3 is 0 Å². The lowest BCUT2D eigenvalue weighted by Gasteiger charge is -2.07. The number of benzene rings is 1. The molecule has 0 atom stereocenters. The molecule has 104 valence electrons. The first-order valence-electron chi connectivity index (χ1n) is 7.11. The molecule has 1 aromatic carbocycles. The fraction of sp³-hybridized carbons (Fsp3) is 0.533. The topological polar surface area (TPSA) is 43.8 Å². The smallest absolute Gasteiger partial charge is 0.109 e. The van der Waals surface area contributed by atoms with Gasteiger partial charge in [0.05, 0.1) is 11.0 Å².